The van der Waals surface area contributed by atoms with Crippen LogP contribution in [0.5, 0.6) is 11.5 Å². The van der Waals surface area contributed by atoms with Gasteiger partial charge in [-0.1, -0.05) is 72.8 Å². The highest BCUT2D eigenvalue weighted by atomic mass is 16.6. The lowest BCUT2D eigenvalue weighted by atomic mass is 10.2. The Hall–Kier alpha value is -4.06. The number of carbonyl (C=O) groups is 2. The molecule has 0 bridgehead atoms. The molecule has 0 unspecified atom stereocenters. The lowest BCUT2D eigenvalue weighted by molar-refractivity contribution is -0.130. The summed E-state index contributed by atoms with van der Waals surface area (Å²) in [5, 5.41) is 2.50. The number of esters is 1. The third-order valence-corrected chi connectivity index (χ3v) is 4.26. The number of nitrogens with one attached hydrogen (secondary N) is 1. The molecule has 0 saturated carbocycles. The second-order valence-electron chi connectivity index (χ2n) is 8.21. The van der Waals surface area contributed by atoms with E-state index in [1.807, 2.05) is 48.5 Å². The SMILES string of the molecule is CC(C)(C)OC(=O)NC(=Cc1ccccc1)C(=O)Oc1ccccc1OCc1ccccc1. The molecule has 1 N–H and O–H groups in total. The molecule has 170 valence electrons. The van der Waals surface area contributed by atoms with Gasteiger partial charge in [-0.05, 0) is 50.1 Å². The van der Waals surface area contributed by atoms with Gasteiger partial charge in [0, 0.05) is 0 Å². The van der Waals surface area contributed by atoms with Gasteiger partial charge in [-0.3, -0.25) is 5.32 Å². The maximum atomic E-state index is 13.0. The van der Waals surface area contributed by atoms with Crippen molar-refractivity contribution in [3.8, 4) is 11.5 Å². The Morgan fingerprint density at radius 1 is 0.818 bits per heavy atom. The molecule has 0 heterocycles. The molecular weight excluding hydrogens is 418 g/mol. The number of amides is 1. The normalized spacial score (nSPS) is 11.4. The van der Waals surface area contributed by atoms with Gasteiger partial charge in [0.1, 0.15) is 17.9 Å². The Labute approximate surface area is 193 Å². The summed E-state index contributed by atoms with van der Waals surface area (Å²) >= 11 is 0. The predicted molar refractivity (Wildman–Crippen MR) is 127 cm³/mol. The zero-order valence-electron chi connectivity index (χ0n) is 18.9. The minimum atomic E-state index is -0.754. The minimum absolute atomic E-state index is 0.0617. The molecule has 0 radical (unpaired) electrons. The fourth-order valence-corrected chi connectivity index (χ4v) is 2.82. The van der Waals surface area contributed by atoms with Crippen molar-refractivity contribution in [2.75, 3.05) is 0 Å². The Balaban J connectivity index is 1.79. The van der Waals surface area contributed by atoms with Crippen molar-refractivity contribution in [1.82, 2.24) is 5.32 Å². The topological polar surface area (TPSA) is 73.9 Å². The third-order valence-electron chi connectivity index (χ3n) is 4.26. The quantitative estimate of drug-likeness (QED) is 0.285. The molecule has 0 aliphatic heterocycles. The Morgan fingerprint density at radius 3 is 2.03 bits per heavy atom. The van der Waals surface area contributed by atoms with Crippen LogP contribution in [-0.4, -0.2) is 17.7 Å². The fourth-order valence-electron chi connectivity index (χ4n) is 2.82. The number of rotatable bonds is 7. The molecule has 1 amide bonds. The van der Waals surface area contributed by atoms with Crippen LogP contribution in [-0.2, 0) is 16.1 Å². The van der Waals surface area contributed by atoms with Gasteiger partial charge in [0.25, 0.3) is 0 Å². The number of hydrogen-bond donors (Lipinski definition) is 1. The van der Waals surface area contributed by atoms with E-state index in [9.17, 15) is 9.59 Å². The van der Waals surface area contributed by atoms with Gasteiger partial charge in [-0.15, -0.1) is 0 Å². The van der Waals surface area contributed by atoms with Crippen LogP contribution in [0.4, 0.5) is 4.79 Å². The molecule has 0 spiro atoms. The first-order valence-corrected chi connectivity index (χ1v) is 10.5. The largest absolute Gasteiger partial charge is 0.485 e. The van der Waals surface area contributed by atoms with Crippen molar-refractivity contribution in [2.45, 2.75) is 33.0 Å². The Morgan fingerprint density at radius 2 is 1.39 bits per heavy atom. The van der Waals surface area contributed by atoms with Crippen LogP contribution in [0.25, 0.3) is 6.08 Å². The fraction of sp³-hybridized carbons (Fsp3) is 0.185. The summed E-state index contributed by atoms with van der Waals surface area (Å²) in [6.45, 7) is 5.54. The van der Waals surface area contributed by atoms with Crippen LogP contribution in [0.1, 0.15) is 31.9 Å². The highest BCUT2D eigenvalue weighted by Gasteiger charge is 2.22. The average Bonchev–Trinajstić information content (AvgIpc) is 2.78. The highest BCUT2D eigenvalue weighted by molar-refractivity contribution is 5.98. The first-order valence-electron chi connectivity index (χ1n) is 10.5. The molecule has 3 rings (SSSR count). The van der Waals surface area contributed by atoms with E-state index >= 15 is 0 Å². The third kappa shape index (κ3) is 7.85. The van der Waals surface area contributed by atoms with Gasteiger partial charge >= 0.3 is 12.1 Å². The number of hydrogen-bond acceptors (Lipinski definition) is 5. The van der Waals surface area contributed by atoms with Crippen molar-refractivity contribution in [1.29, 1.82) is 0 Å². The predicted octanol–water partition coefficient (Wildman–Crippen LogP) is 5.74. The van der Waals surface area contributed by atoms with Crippen LogP contribution in [0, 0.1) is 0 Å². The van der Waals surface area contributed by atoms with E-state index in [2.05, 4.69) is 5.32 Å². The molecule has 0 atom stereocenters. The summed E-state index contributed by atoms with van der Waals surface area (Å²) in [6.07, 6.45) is 0.773. The lowest BCUT2D eigenvalue weighted by Gasteiger charge is -2.20. The van der Waals surface area contributed by atoms with Gasteiger partial charge in [-0.25, -0.2) is 9.59 Å². The molecule has 0 saturated heterocycles. The van der Waals surface area contributed by atoms with Crippen LogP contribution >= 0.6 is 0 Å². The maximum absolute atomic E-state index is 13.0. The maximum Gasteiger partial charge on any atom is 0.412 e. The van der Waals surface area contributed by atoms with E-state index in [-0.39, 0.29) is 11.4 Å². The number of ether oxygens (including phenoxy) is 3. The van der Waals surface area contributed by atoms with Gasteiger partial charge in [0.15, 0.2) is 11.5 Å². The summed E-state index contributed by atoms with van der Waals surface area (Å²) in [5.74, 6) is -0.102. The molecule has 0 aliphatic rings. The molecule has 6 heteroatoms. The van der Waals surface area contributed by atoms with E-state index in [0.29, 0.717) is 17.9 Å². The zero-order valence-corrected chi connectivity index (χ0v) is 18.9. The van der Waals surface area contributed by atoms with E-state index in [1.165, 1.54) is 6.08 Å². The summed E-state index contributed by atoms with van der Waals surface area (Å²) in [6, 6.07) is 25.7. The van der Waals surface area contributed by atoms with E-state index in [0.717, 1.165) is 5.56 Å². The molecule has 3 aromatic carbocycles. The second-order valence-corrected chi connectivity index (χ2v) is 8.21. The van der Waals surface area contributed by atoms with Crippen LogP contribution in [0.3, 0.4) is 0 Å². The Kier molecular flexibility index (Phi) is 7.86. The summed E-state index contributed by atoms with van der Waals surface area (Å²) in [5.41, 5.74) is 0.918. The van der Waals surface area contributed by atoms with E-state index in [1.54, 1.807) is 57.2 Å². The zero-order chi connectivity index (χ0) is 23.7. The van der Waals surface area contributed by atoms with E-state index < -0.39 is 17.7 Å². The molecule has 6 nitrogen and oxygen atoms in total. The van der Waals surface area contributed by atoms with Crippen molar-refractivity contribution in [2.24, 2.45) is 0 Å². The minimum Gasteiger partial charge on any atom is -0.485 e. The number of carbonyl (C=O) groups excluding carboxylic acids is 2. The second kappa shape index (κ2) is 11.0. The highest BCUT2D eigenvalue weighted by Crippen LogP contribution is 2.28. The number of alkyl carbamates (subject to hydrolysis) is 1. The molecule has 33 heavy (non-hydrogen) atoms. The van der Waals surface area contributed by atoms with Crippen molar-refractivity contribution < 1.29 is 23.8 Å². The van der Waals surface area contributed by atoms with Gasteiger partial charge in [0.05, 0.1) is 0 Å². The standard InChI is InChI=1S/C27H27NO5/c1-27(2,3)33-26(30)28-22(18-20-12-6-4-7-13-20)25(29)32-24-17-11-10-16-23(24)31-19-21-14-8-5-9-15-21/h4-18H,19H2,1-3H3,(H,28,30). The van der Waals surface area contributed by atoms with Gasteiger partial charge in [0.2, 0.25) is 0 Å². The van der Waals surface area contributed by atoms with Gasteiger partial charge < -0.3 is 14.2 Å². The molecule has 0 aliphatic carbocycles. The molecule has 0 fully saturated rings. The summed E-state index contributed by atoms with van der Waals surface area (Å²) in [4.78, 5) is 25.4. The van der Waals surface area contributed by atoms with Gasteiger partial charge in [-0.2, -0.15) is 0 Å². The Bertz CT molecular complexity index is 1100. The van der Waals surface area contributed by atoms with Crippen molar-refractivity contribution in [3.05, 3.63) is 102 Å². The summed E-state index contributed by atoms with van der Waals surface area (Å²) in [7, 11) is 0. The monoisotopic (exact) mass is 445 g/mol. The van der Waals surface area contributed by atoms with Crippen LogP contribution < -0.4 is 14.8 Å². The number of para-hydroxylation sites is 2. The summed E-state index contributed by atoms with van der Waals surface area (Å²) < 4.78 is 16.8. The van der Waals surface area contributed by atoms with Crippen molar-refractivity contribution in [3.63, 3.8) is 0 Å². The first kappa shape index (κ1) is 23.6. The van der Waals surface area contributed by atoms with Crippen LogP contribution in [0.2, 0.25) is 0 Å². The average molecular weight is 446 g/mol. The smallest absolute Gasteiger partial charge is 0.412 e. The lowest BCUT2D eigenvalue weighted by Crippen LogP contribution is -2.35. The number of benzene rings is 3. The van der Waals surface area contributed by atoms with Crippen LogP contribution in [0.15, 0.2) is 90.6 Å². The molecule has 0 aromatic heterocycles. The van der Waals surface area contributed by atoms with Crippen molar-refractivity contribution >= 4 is 18.1 Å². The van der Waals surface area contributed by atoms with E-state index in [4.69, 9.17) is 14.2 Å². The first-order chi connectivity index (χ1) is 15.8. The molecular formula is C27H27NO5. The molecule has 3 aromatic rings.